The summed E-state index contributed by atoms with van der Waals surface area (Å²) < 4.78 is 6.56. The highest BCUT2D eigenvalue weighted by molar-refractivity contribution is 9.10. The fourth-order valence-corrected chi connectivity index (χ4v) is 2.73. The van der Waals surface area contributed by atoms with Crippen molar-refractivity contribution in [2.45, 2.75) is 25.6 Å². The summed E-state index contributed by atoms with van der Waals surface area (Å²) in [6, 6.07) is 2.09. The predicted octanol–water partition coefficient (Wildman–Crippen LogP) is 4.53. The molecule has 0 saturated heterocycles. The second kappa shape index (κ2) is 4.67. The lowest BCUT2D eigenvalue weighted by Gasteiger charge is -2.17. The number of alkyl halides is 1. The monoisotopic (exact) mass is 320 g/mol. The Morgan fingerprint density at radius 2 is 1.93 bits per heavy atom. The molecule has 14 heavy (non-hydrogen) atoms. The second-order valence-corrected chi connectivity index (χ2v) is 5.59. The van der Waals surface area contributed by atoms with Gasteiger partial charge in [-0.05, 0) is 38.0 Å². The van der Waals surface area contributed by atoms with Crippen LogP contribution in [0.5, 0.6) is 5.75 Å². The molecule has 0 aromatic heterocycles. The fourth-order valence-electron chi connectivity index (χ4n) is 1.63. The van der Waals surface area contributed by atoms with Crippen molar-refractivity contribution in [2.75, 3.05) is 7.11 Å². The second-order valence-electron chi connectivity index (χ2n) is 3.36. The van der Waals surface area contributed by atoms with Gasteiger partial charge in [-0.2, -0.15) is 0 Å². The zero-order chi connectivity index (χ0) is 10.9. The normalized spacial score (nSPS) is 12.7. The van der Waals surface area contributed by atoms with Crippen LogP contribution in [-0.4, -0.2) is 7.11 Å². The average molecular weight is 322 g/mol. The van der Waals surface area contributed by atoms with Crippen LogP contribution < -0.4 is 4.74 Å². The van der Waals surface area contributed by atoms with Gasteiger partial charge in [-0.25, -0.2) is 0 Å². The summed E-state index contributed by atoms with van der Waals surface area (Å²) in [5, 5.41) is 0. The van der Waals surface area contributed by atoms with Crippen LogP contribution in [0.15, 0.2) is 10.5 Å². The molecule has 0 aliphatic rings. The Morgan fingerprint density at radius 3 is 2.36 bits per heavy atom. The first kappa shape index (κ1) is 12.1. The van der Waals surface area contributed by atoms with Crippen molar-refractivity contribution in [1.82, 2.24) is 0 Å². The van der Waals surface area contributed by atoms with Crippen molar-refractivity contribution < 1.29 is 4.74 Å². The van der Waals surface area contributed by atoms with Gasteiger partial charge in [0.25, 0.3) is 0 Å². The third-order valence-electron chi connectivity index (χ3n) is 2.31. The van der Waals surface area contributed by atoms with Gasteiger partial charge in [-0.15, -0.1) is 0 Å². The summed E-state index contributed by atoms with van der Waals surface area (Å²) in [5.41, 5.74) is 3.61. The molecule has 1 nitrogen and oxygen atoms in total. The molecule has 1 unspecified atom stereocenters. The number of benzene rings is 1. The van der Waals surface area contributed by atoms with Crippen LogP contribution in [0.1, 0.15) is 28.4 Å². The van der Waals surface area contributed by atoms with E-state index in [1.165, 1.54) is 11.1 Å². The van der Waals surface area contributed by atoms with Gasteiger partial charge >= 0.3 is 0 Å². The van der Waals surface area contributed by atoms with Crippen LogP contribution in [0, 0.1) is 13.8 Å². The average Bonchev–Trinajstić information content (AvgIpc) is 2.10. The molecule has 0 fully saturated rings. The number of aryl methyl sites for hydroxylation is 1. The Morgan fingerprint density at radius 1 is 1.36 bits per heavy atom. The van der Waals surface area contributed by atoms with E-state index in [4.69, 9.17) is 4.74 Å². The zero-order valence-corrected chi connectivity index (χ0v) is 12.0. The van der Waals surface area contributed by atoms with Crippen LogP contribution in [0.4, 0.5) is 0 Å². The van der Waals surface area contributed by atoms with E-state index in [-0.39, 0.29) is 0 Å². The zero-order valence-electron chi connectivity index (χ0n) is 8.82. The molecule has 1 atom stereocenters. The highest BCUT2D eigenvalue weighted by Crippen LogP contribution is 2.39. The van der Waals surface area contributed by atoms with Crippen molar-refractivity contribution in [3.63, 3.8) is 0 Å². The number of hydrogen-bond acceptors (Lipinski definition) is 1. The smallest absolute Gasteiger partial charge is 0.126 e. The molecule has 0 radical (unpaired) electrons. The van der Waals surface area contributed by atoms with Gasteiger partial charge in [-0.3, -0.25) is 0 Å². The van der Waals surface area contributed by atoms with Gasteiger partial charge in [0.15, 0.2) is 0 Å². The fraction of sp³-hybridized carbons (Fsp3) is 0.455. The highest BCUT2D eigenvalue weighted by Gasteiger charge is 2.16. The number of methoxy groups -OCH3 is 1. The van der Waals surface area contributed by atoms with E-state index in [2.05, 4.69) is 58.7 Å². The Labute approximate surface area is 102 Å². The molecule has 0 aliphatic heterocycles. The molecule has 1 aromatic rings. The highest BCUT2D eigenvalue weighted by atomic mass is 79.9. The van der Waals surface area contributed by atoms with E-state index < -0.39 is 0 Å². The van der Waals surface area contributed by atoms with Crippen LogP contribution in [0.2, 0.25) is 0 Å². The summed E-state index contributed by atoms with van der Waals surface area (Å²) in [5.74, 6) is 0.982. The van der Waals surface area contributed by atoms with Crippen LogP contribution in [0.3, 0.4) is 0 Å². The van der Waals surface area contributed by atoms with Gasteiger partial charge in [0.05, 0.1) is 7.11 Å². The number of halogens is 2. The van der Waals surface area contributed by atoms with E-state index in [0.29, 0.717) is 4.83 Å². The lowest BCUT2D eigenvalue weighted by atomic mass is 10.0. The molecule has 0 N–H and O–H groups in total. The minimum Gasteiger partial charge on any atom is -0.496 e. The van der Waals surface area contributed by atoms with E-state index in [0.717, 1.165) is 15.8 Å². The molecule has 0 amide bonds. The van der Waals surface area contributed by atoms with Crippen molar-refractivity contribution in [2.24, 2.45) is 0 Å². The van der Waals surface area contributed by atoms with Gasteiger partial charge in [-0.1, -0.05) is 31.9 Å². The Hall–Kier alpha value is -0.0200. The lowest BCUT2D eigenvalue weighted by Crippen LogP contribution is -1.99. The molecule has 0 heterocycles. The maximum Gasteiger partial charge on any atom is 0.126 e. The molecule has 0 spiro atoms. The van der Waals surface area contributed by atoms with Gasteiger partial charge in [0, 0.05) is 14.9 Å². The van der Waals surface area contributed by atoms with Crippen molar-refractivity contribution >= 4 is 31.9 Å². The van der Waals surface area contributed by atoms with Crippen LogP contribution in [-0.2, 0) is 0 Å². The molecule has 0 bridgehead atoms. The SMILES string of the molecule is COc1c(C)cc(Br)c(C)c1C(C)Br. The number of rotatable bonds is 2. The maximum absolute atomic E-state index is 5.42. The van der Waals surface area contributed by atoms with Gasteiger partial charge < -0.3 is 4.74 Å². The quantitative estimate of drug-likeness (QED) is 0.727. The molecule has 3 heteroatoms. The number of ether oxygens (including phenoxy) is 1. The van der Waals surface area contributed by atoms with Crippen molar-refractivity contribution in [1.29, 1.82) is 0 Å². The minimum absolute atomic E-state index is 0.300. The molecular formula is C11H14Br2O. The van der Waals surface area contributed by atoms with Crippen LogP contribution >= 0.6 is 31.9 Å². The predicted molar refractivity (Wildman–Crippen MR) is 67.5 cm³/mol. The number of hydrogen-bond donors (Lipinski definition) is 0. The third-order valence-corrected chi connectivity index (χ3v) is 3.59. The molecule has 78 valence electrons. The van der Waals surface area contributed by atoms with E-state index in [1.54, 1.807) is 7.11 Å². The Balaban J connectivity index is 3.48. The van der Waals surface area contributed by atoms with Gasteiger partial charge in [0.1, 0.15) is 5.75 Å². The minimum atomic E-state index is 0.300. The summed E-state index contributed by atoms with van der Waals surface area (Å²) in [6.45, 7) is 6.26. The largest absolute Gasteiger partial charge is 0.496 e. The topological polar surface area (TPSA) is 9.23 Å². The molecular weight excluding hydrogens is 308 g/mol. The first-order valence-corrected chi connectivity index (χ1v) is 6.17. The molecule has 1 aromatic carbocycles. The molecule has 0 aliphatic carbocycles. The first-order chi connectivity index (χ1) is 6.49. The van der Waals surface area contributed by atoms with E-state index in [9.17, 15) is 0 Å². The Kier molecular flexibility index (Phi) is 4.02. The summed E-state index contributed by atoms with van der Waals surface area (Å²) in [6.07, 6.45) is 0. The maximum atomic E-state index is 5.42. The molecule has 1 rings (SSSR count). The van der Waals surface area contributed by atoms with Crippen LogP contribution in [0.25, 0.3) is 0 Å². The van der Waals surface area contributed by atoms with Crippen molar-refractivity contribution in [3.8, 4) is 5.75 Å². The standard InChI is InChI=1S/C11H14Br2O/c1-6-5-9(13)7(2)10(8(3)12)11(6)14-4/h5,8H,1-4H3. The summed E-state index contributed by atoms with van der Waals surface area (Å²) in [4.78, 5) is 0.300. The van der Waals surface area contributed by atoms with Gasteiger partial charge in [0.2, 0.25) is 0 Å². The van der Waals surface area contributed by atoms with Crippen molar-refractivity contribution in [3.05, 3.63) is 27.2 Å². The first-order valence-electron chi connectivity index (χ1n) is 4.46. The van der Waals surface area contributed by atoms with E-state index >= 15 is 0 Å². The summed E-state index contributed by atoms with van der Waals surface area (Å²) in [7, 11) is 1.72. The Bertz CT molecular complexity index is 346. The molecule has 0 saturated carbocycles. The lowest BCUT2D eigenvalue weighted by molar-refractivity contribution is 0.406. The summed E-state index contributed by atoms with van der Waals surface area (Å²) >= 11 is 7.14. The third kappa shape index (κ3) is 2.14. The van der Waals surface area contributed by atoms with E-state index in [1.807, 2.05) is 0 Å².